The fraction of sp³-hybridized carbons (Fsp3) is 0. The third-order valence-corrected chi connectivity index (χ3v) is 0.537. The summed E-state index contributed by atoms with van der Waals surface area (Å²) in [4.78, 5) is 0. The van der Waals surface area contributed by atoms with Gasteiger partial charge in [-0.2, -0.15) is 4.41 Å². The van der Waals surface area contributed by atoms with E-state index in [1.165, 1.54) is 6.20 Å². The Balaban J connectivity index is 2.60. The Morgan fingerprint density at radius 2 is 2.67 bits per heavy atom. The average Bonchev–Trinajstić information content (AvgIpc) is 1.86. The van der Waals surface area contributed by atoms with Crippen molar-refractivity contribution in [3.8, 4) is 0 Å². The molecule has 6 heavy (non-hydrogen) atoms. The Morgan fingerprint density at radius 1 is 1.83 bits per heavy atom. The SMILES string of the molecule is [S-]N1[C+]=CN=N1. The molecule has 0 bridgehead atoms. The first-order chi connectivity index (χ1) is 2.89. The van der Waals surface area contributed by atoms with Gasteiger partial charge in [0.25, 0.3) is 0 Å². The van der Waals surface area contributed by atoms with E-state index in [1.807, 2.05) is 0 Å². The molecule has 30 valence electrons. The van der Waals surface area contributed by atoms with E-state index in [0.717, 1.165) is 4.41 Å². The Kier molecular flexibility index (Phi) is 0.742. The van der Waals surface area contributed by atoms with Gasteiger partial charge in [0, 0.05) is 0 Å². The molecule has 0 saturated heterocycles. The average molecular weight is 99.1 g/mol. The van der Waals surface area contributed by atoms with Crippen molar-refractivity contribution < 1.29 is 0 Å². The number of hydrogen-bond acceptors (Lipinski definition) is 4. The maximum absolute atomic E-state index is 4.43. The van der Waals surface area contributed by atoms with Gasteiger partial charge in [0.1, 0.15) is 0 Å². The second-order valence-corrected chi connectivity index (χ2v) is 1.08. The molecule has 0 atom stereocenters. The van der Waals surface area contributed by atoms with E-state index in [9.17, 15) is 0 Å². The molecule has 0 amide bonds. The monoisotopic (exact) mass is 99.0 g/mol. The second-order valence-electron chi connectivity index (χ2n) is 0.736. The van der Waals surface area contributed by atoms with Crippen molar-refractivity contribution in [3.05, 3.63) is 12.4 Å². The summed E-state index contributed by atoms with van der Waals surface area (Å²) >= 11 is 4.43. The van der Waals surface area contributed by atoms with E-state index in [4.69, 9.17) is 0 Å². The Hall–Kier alpha value is -0.600. The molecule has 0 N–H and O–H groups in total. The van der Waals surface area contributed by atoms with Crippen LogP contribution in [0.15, 0.2) is 16.5 Å². The van der Waals surface area contributed by atoms with Gasteiger partial charge in [0.2, 0.25) is 0 Å². The first-order valence-electron chi connectivity index (χ1n) is 1.35. The fourth-order valence-corrected chi connectivity index (χ4v) is 0.263. The van der Waals surface area contributed by atoms with Crippen molar-refractivity contribution in [2.75, 3.05) is 0 Å². The summed E-state index contributed by atoms with van der Waals surface area (Å²) in [6.45, 7) is 0. The lowest BCUT2D eigenvalue weighted by atomic mass is 11.0. The molecule has 1 aliphatic rings. The number of hydrogen-bond donors (Lipinski definition) is 0. The highest BCUT2D eigenvalue weighted by atomic mass is 32.1. The van der Waals surface area contributed by atoms with Crippen LogP contribution in [0.2, 0.25) is 0 Å². The predicted octanol–water partition coefficient (Wildman–Crippen LogP) is 0.405. The molecule has 0 spiro atoms. The van der Waals surface area contributed by atoms with E-state index in [2.05, 4.69) is 29.4 Å². The van der Waals surface area contributed by atoms with Gasteiger partial charge >= 0.3 is 12.4 Å². The second kappa shape index (κ2) is 1.24. The predicted molar refractivity (Wildman–Crippen MR) is 21.9 cm³/mol. The van der Waals surface area contributed by atoms with Gasteiger partial charge in [-0.1, -0.05) is 5.11 Å². The number of rotatable bonds is 0. The molecular weight excluding hydrogens is 98.1 g/mol. The molecule has 1 aliphatic heterocycles. The molecule has 0 aromatic carbocycles. The lowest BCUT2D eigenvalue weighted by Gasteiger charge is -1.94. The van der Waals surface area contributed by atoms with Crippen LogP contribution in [0.3, 0.4) is 0 Å². The topological polar surface area (TPSA) is 28.0 Å². The first kappa shape index (κ1) is 3.59. The maximum atomic E-state index is 4.43. The van der Waals surface area contributed by atoms with Crippen LogP contribution >= 0.6 is 0 Å². The molecule has 0 unspecified atom stereocenters. The van der Waals surface area contributed by atoms with E-state index in [1.54, 1.807) is 0 Å². The van der Waals surface area contributed by atoms with Gasteiger partial charge in [0.05, 0.1) is 0 Å². The highest BCUT2D eigenvalue weighted by Gasteiger charge is 1.97. The lowest BCUT2D eigenvalue weighted by Crippen LogP contribution is -1.91. The molecule has 0 aliphatic carbocycles. The largest absolute Gasteiger partial charge is 0.578 e. The van der Waals surface area contributed by atoms with Crippen LogP contribution in [0.5, 0.6) is 0 Å². The van der Waals surface area contributed by atoms with Crippen LogP contribution in [-0.2, 0) is 12.8 Å². The van der Waals surface area contributed by atoms with Gasteiger partial charge in [-0.3, -0.25) is 0 Å². The summed E-state index contributed by atoms with van der Waals surface area (Å²) in [5.41, 5.74) is 0. The molecular formula is C2HN3S. The molecule has 0 fully saturated rings. The van der Waals surface area contributed by atoms with Gasteiger partial charge in [-0.05, 0) is 5.22 Å². The fourth-order valence-electron chi connectivity index (χ4n) is 0.174. The van der Waals surface area contributed by atoms with Crippen LogP contribution in [0, 0.1) is 6.20 Å². The smallest absolute Gasteiger partial charge is 0.394 e. The molecule has 4 heteroatoms. The van der Waals surface area contributed by atoms with Crippen LogP contribution in [0.25, 0.3) is 0 Å². The molecule has 0 aromatic heterocycles. The summed E-state index contributed by atoms with van der Waals surface area (Å²) in [5, 5.41) is 6.72. The summed E-state index contributed by atoms with van der Waals surface area (Å²) in [7, 11) is 0. The molecule has 0 radical (unpaired) electrons. The van der Waals surface area contributed by atoms with Crippen LogP contribution in [0.1, 0.15) is 0 Å². The van der Waals surface area contributed by atoms with Gasteiger partial charge in [-0.25, -0.2) is 0 Å². The summed E-state index contributed by atoms with van der Waals surface area (Å²) in [5.74, 6) is 0. The summed E-state index contributed by atoms with van der Waals surface area (Å²) < 4.78 is 1.10. The highest BCUT2D eigenvalue weighted by Crippen LogP contribution is 1.94. The zero-order valence-electron chi connectivity index (χ0n) is 2.83. The standard InChI is InChI=1S/C2HN3S/c6-5-2-1-3-4-5/h1H. The normalized spacial score (nSPS) is 15.8. The quantitative estimate of drug-likeness (QED) is 0.325. The molecule has 3 nitrogen and oxygen atoms in total. The third kappa shape index (κ3) is 0.478. The Bertz CT molecular complexity index is 85.0. The van der Waals surface area contributed by atoms with E-state index >= 15 is 0 Å². The zero-order chi connectivity index (χ0) is 4.41. The van der Waals surface area contributed by atoms with E-state index < -0.39 is 0 Å². The van der Waals surface area contributed by atoms with E-state index in [0.29, 0.717) is 0 Å². The molecule has 0 saturated carbocycles. The van der Waals surface area contributed by atoms with Crippen molar-refractivity contribution in [2.45, 2.75) is 0 Å². The molecule has 0 aromatic rings. The van der Waals surface area contributed by atoms with Gasteiger partial charge in [0.15, 0.2) is 0 Å². The molecule has 1 heterocycles. The highest BCUT2D eigenvalue weighted by molar-refractivity contribution is 7.55. The van der Waals surface area contributed by atoms with Crippen molar-refractivity contribution in [2.24, 2.45) is 10.3 Å². The number of nitrogens with zero attached hydrogens (tertiary/aromatic N) is 3. The van der Waals surface area contributed by atoms with Crippen molar-refractivity contribution in [1.29, 1.82) is 0 Å². The summed E-state index contributed by atoms with van der Waals surface area (Å²) in [6.07, 6.45) is 3.92. The zero-order valence-corrected chi connectivity index (χ0v) is 3.64. The lowest BCUT2D eigenvalue weighted by molar-refractivity contribution is 0.642. The Labute approximate surface area is 40.9 Å². The maximum Gasteiger partial charge on any atom is 0.394 e. The van der Waals surface area contributed by atoms with Crippen molar-refractivity contribution in [1.82, 2.24) is 4.41 Å². The van der Waals surface area contributed by atoms with Gasteiger partial charge in [-0.15, -0.1) is 0 Å². The van der Waals surface area contributed by atoms with Crippen LogP contribution < -0.4 is 0 Å². The Morgan fingerprint density at radius 3 is 2.83 bits per heavy atom. The van der Waals surface area contributed by atoms with Crippen molar-refractivity contribution in [3.63, 3.8) is 0 Å². The van der Waals surface area contributed by atoms with Crippen LogP contribution in [-0.4, -0.2) is 4.41 Å². The molecule has 1 rings (SSSR count). The van der Waals surface area contributed by atoms with Crippen molar-refractivity contribution >= 4 is 12.8 Å². The summed E-state index contributed by atoms with van der Waals surface area (Å²) in [6, 6.07) is 0. The van der Waals surface area contributed by atoms with Crippen LogP contribution in [0.4, 0.5) is 0 Å². The first-order valence-corrected chi connectivity index (χ1v) is 1.72. The third-order valence-electron chi connectivity index (χ3n) is 0.359. The minimum Gasteiger partial charge on any atom is -0.578 e. The van der Waals surface area contributed by atoms with Gasteiger partial charge < -0.3 is 12.8 Å². The van der Waals surface area contributed by atoms with E-state index in [-0.39, 0.29) is 0 Å². The minimum absolute atomic E-state index is 1.10. The minimum atomic E-state index is 1.10.